The van der Waals surface area contributed by atoms with Gasteiger partial charge in [0.05, 0.1) is 6.10 Å². The van der Waals surface area contributed by atoms with Gasteiger partial charge in [0.2, 0.25) is 0 Å². The van der Waals surface area contributed by atoms with E-state index >= 15 is 0 Å². The number of rotatable bonds is 6. The fourth-order valence-corrected chi connectivity index (χ4v) is 4.68. The number of piperidine rings is 1. The summed E-state index contributed by atoms with van der Waals surface area (Å²) in [4.78, 5) is 10.0. The number of guanidine groups is 1. The van der Waals surface area contributed by atoms with Crippen LogP contribution in [0, 0.1) is 11.7 Å². The normalized spacial score (nSPS) is 19.4. The number of benzene rings is 1. The van der Waals surface area contributed by atoms with Crippen LogP contribution in [0.1, 0.15) is 44.1 Å². The molecule has 1 aromatic heterocycles. The Bertz CT molecular complexity index is 819. The van der Waals surface area contributed by atoms with Gasteiger partial charge in [-0.25, -0.2) is 4.39 Å². The zero-order valence-electron chi connectivity index (χ0n) is 17.4. The SMILES string of the molecule is CN=C(NCCc1c[nH]c2ccc(F)cc12)N1CCC(OCC2CCCC2)CC1. The van der Waals surface area contributed by atoms with Crippen molar-refractivity contribution in [3.05, 3.63) is 35.8 Å². The van der Waals surface area contributed by atoms with Gasteiger partial charge >= 0.3 is 0 Å². The first-order chi connectivity index (χ1) is 14.2. The second-order valence-electron chi connectivity index (χ2n) is 8.40. The Morgan fingerprint density at radius 3 is 2.79 bits per heavy atom. The third-order valence-electron chi connectivity index (χ3n) is 6.40. The predicted octanol–water partition coefficient (Wildman–Crippen LogP) is 4.10. The summed E-state index contributed by atoms with van der Waals surface area (Å²) in [6, 6.07) is 4.88. The van der Waals surface area contributed by atoms with E-state index in [0.29, 0.717) is 6.10 Å². The van der Waals surface area contributed by atoms with Gasteiger partial charge < -0.3 is 19.9 Å². The number of nitrogens with zero attached hydrogens (tertiary/aromatic N) is 2. The molecular formula is C23H33FN4O. The van der Waals surface area contributed by atoms with Crippen LogP contribution in [0.15, 0.2) is 29.4 Å². The summed E-state index contributed by atoms with van der Waals surface area (Å²) in [6.45, 7) is 3.68. The number of halogens is 1. The Balaban J connectivity index is 1.22. The zero-order valence-corrected chi connectivity index (χ0v) is 17.4. The highest BCUT2D eigenvalue weighted by Crippen LogP contribution is 2.26. The van der Waals surface area contributed by atoms with E-state index in [-0.39, 0.29) is 5.82 Å². The molecule has 6 heteroatoms. The van der Waals surface area contributed by atoms with Crippen molar-refractivity contribution in [2.24, 2.45) is 10.9 Å². The number of hydrogen-bond acceptors (Lipinski definition) is 2. The van der Waals surface area contributed by atoms with E-state index in [9.17, 15) is 4.39 Å². The molecule has 0 amide bonds. The van der Waals surface area contributed by atoms with Gasteiger partial charge in [0, 0.05) is 50.4 Å². The molecule has 0 unspecified atom stereocenters. The van der Waals surface area contributed by atoms with Crippen molar-refractivity contribution in [3.8, 4) is 0 Å². The van der Waals surface area contributed by atoms with E-state index in [4.69, 9.17) is 4.74 Å². The second-order valence-corrected chi connectivity index (χ2v) is 8.40. The molecule has 1 saturated carbocycles. The third kappa shape index (κ3) is 5.10. The van der Waals surface area contributed by atoms with E-state index in [1.807, 2.05) is 13.2 Å². The molecule has 158 valence electrons. The molecule has 1 aliphatic heterocycles. The van der Waals surface area contributed by atoms with Crippen LogP contribution in [-0.2, 0) is 11.2 Å². The second kappa shape index (κ2) is 9.61. The molecule has 2 fully saturated rings. The van der Waals surface area contributed by atoms with Gasteiger partial charge in [0.15, 0.2) is 5.96 Å². The van der Waals surface area contributed by atoms with Crippen molar-refractivity contribution < 1.29 is 9.13 Å². The smallest absolute Gasteiger partial charge is 0.193 e. The lowest BCUT2D eigenvalue weighted by atomic mass is 10.1. The van der Waals surface area contributed by atoms with Gasteiger partial charge in [-0.3, -0.25) is 4.99 Å². The maximum Gasteiger partial charge on any atom is 0.193 e. The van der Waals surface area contributed by atoms with Gasteiger partial charge in [0.25, 0.3) is 0 Å². The first kappa shape index (κ1) is 20.2. The van der Waals surface area contributed by atoms with Gasteiger partial charge in [0.1, 0.15) is 5.82 Å². The van der Waals surface area contributed by atoms with Crippen LogP contribution in [0.25, 0.3) is 10.9 Å². The minimum Gasteiger partial charge on any atom is -0.378 e. The highest BCUT2D eigenvalue weighted by Gasteiger charge is 2.23. The number of aromatic amines is 1. The third-order valence-corrected chi connectivity index (χ3v) is 6.40. The largest absolute Gasteiger partial charge is 0.378 e. The van der Waals surface area contributed by atoms with Crippen molar-refractivity contribution in [2.75, 3.05) is 33.3 Å². The Labute approximate surface area is 172 Å². The number of aliphatic imine (C=N–C) groups is 1. The van der Waals surface area contributed by atoms with Crippen molar-refractivity contribution in [1.29, 1.82) is 0 Å². The summed E-state index contributed by atoms with van der Waals surface area (Å²) >= 11 is 0. The molecule has 0 radical (unpaired) electrons. The topological polar surface area (TPSA) is 52.7 Å². The summed E-state index contributed by atoms with van der Waals surface area (Å²) in [5, 5.41) is 4.44. The fourth-order valence-electron chi connectivity index (χ4n) is 4.68. The quantitative estimate of drug-likeness (QED) is 0.567. The van der Waals surface area contributed by atoms with Gasteiger partial charge in [-0.05, 0) is 61.8 Å². The van der Waals surface area contributed by atoms with Gasteiger partial charge in [-0.15, -0.1) is 0 Å². The highest BCUT2D eigenvalue weighted by atomic mass is 19.1. The average Bonchev–Trinajstić information content (AvgIpc) is 3.40. The molecule has 4 rings (SSSR count). The van der Waals surface area contributed by atoms with E-state index in [1.54, 1.807) is 12.1 Å². The number of H-pyrrole nitrogens is 1. The number of aromatic nitrogens is 1. The number of hydrogen-bond donors (Lipinski definition) is 2. The number of nitrogens with one attached hydrogen (secondary N) is 2. The van der Waals surface area contributed by atoms with Crippen LogP contribution < -0.4 is 5.32 Å². The van der Waals surface area contributed by atoms with Crippen LogP contribution in [0.2, 0.25) is 0 Å². The Hall–Kier alpha value is -2.08. The van der Waals surface area contributed by atoms with Crippen molar-refractivity contribution in [2.45, 2.75) is 51.0 Å². The lowest BCUT2D eigenvalue weighted by molar-refractivity contribution is 0.00103. The molecule has 2 aliphatic rings. The van der Waals surface area contributed by atoms with Gasteiger partial charge in [-0.1, -0.05) is 12.8 Å². The predicted molar refractivity (Wildman–Crippen MR) is 116 cm³/mol. The molecular weight excluding hydrogens is 367 g/mol. The summed E-state index contributed by atoms with van der Waals surface area (Å²) in [6.07, 6.45) is 10.8. The maximum atomic E-state index is 13.6. The Morgan fingerprint density at radius 1 is 1.24 bits per heavy atom. The van der Waals surface area contributed by atoms with Crippen LogP contribution in [0.3, 0.4) is 0 Å². The average molecular weight is 401 g/mol. The maximum absolute atomic E-state index is 13.6. The minimum absolute atomic E-state index is 0.194. The lowest BCUT2D eigenvalue weighted by Crippen LogP contribution is -2.47. The van der Waals surface area contributed by atoms with Crippen LogP contribution in [0.4, 0.5) is 4.39 Å². The molecule has 1 saturated heterocycles. The fraction of sp³-hybridized carbons (Fsp3) is 0.609. The first-order valence-corrected chi connectivity index (χ1v) is 11.1. The highest BCUT2D eigenvalue weighted by molar-refractivity contribution is 5.83. The number of ether oxygens (including phenoxy) is 1. The van der Waals surface area contributed by atoms with Gasteiger partial charge in [-0.2, -0.15) is 0 Å². The molecule has 0 spiro atoms. The molecule has 2 N–H and O–H groups in total. The molecule has 0 bridgehead atoms. The number of likely N-dealkylation sites (tertiary alicyclic amines) is 1. The van der Waals surface area contributed by atoms with E-state index in [2.05, 4.69) is 20.2 Å². The standard InChI is InChI=1S/C23H33FN4O/c1-25-23(26-11-8-18-15-27-22-7-6-19(24)14-21(18)22)28-12-9-20(10-13-28)29-16-17-4-2-3-5-17/h6-7,14-15,17,20,27H,2-5,8-13,16H2,1H3,(H,25,26). The van der Waals surface area contributed by atoms with Crippen molar-refractivity contribution in [3.63, 3.8) is 0 Å². The summed E-state index contributed by atoms with van der Waals surface area (Å²) in [5.74, 6) is 1.55. The van der Waals surface area contributed by atoms with E-state index < -0.39 is 0 Å². The summed E-state index contributed by atoms with van der Waals surface area (Å²) < 4.78 is 19.7. The summed E-state index contributed by atoms with van der Waals surface area (Å²) in [7, 11) is 1.84. The molecule has 2 heterocycles. The minimum atomic E-state index is -0.194. The van der Waals surface area contributed by atoms with Crippen molar-refractivity contribution in [1.82, 2.24) is 15.2 Å². The molecule has 2 aromatic rings. The van der Waals surface area contributed by atoms with E-state index in [1.165, 1.54) is 31.7 Å². The molecule has 0 atom stereocenters. The Morgan fingerprint density at radius 2 is 2.03 bits per heavy atom. The molecule has 1 aliphatic carbocycles. The van der Waals surface area contributed by atoms with E-state index in [0.717, 1.165) is 73.8 Å². The molecule has 5 nitrogen and oxygen atoms in total. The van der Waals surface area contributed by atoms with Crippen LogP contribution >= 0.6 is 0 Å². The monoisotopic (exact) mass is 400 g/mol. The van der Waals surface area contributed by atoms with Crippen molar-refractivity contribution >= 4 is 16.9 Å². The molecule has 29 heavy (non-hydrogen) atoms. The number of fused-ring (bicyclic) bond motifs is 1. The first-order valence-electron chi connectivity index (χ1n) is 11.1. The molecule has 1 aromatic carbocycles. The summed E-state index contributed by atoms with van der Waals surface area (Å²) in [5.41, 5.74) is 2.10. The van der Waals surface area contributed by atoms with Crippen LogP contribution in [-0.4, -0.2) is 55.2 Å². The zero-order chi connectivity index (χ0) is 20.1. The Kier molecular flexibility index (Phi) is 6.70. The van der Waals surface area contributed by atoms with Crippen LogP contribution in [0.5, 0.6) is 0 Å². The lowest BCUT2D eigenvalue weighted by Gasteiger charge is -2.34.